The van der Waals surface area contributed by atoms with Crippen LogP contribution >= 0.6 is 0 Å². The van der Waals surface area contributed by atoms with E-state index in [-0.39, 0.29) is 17.7 Å². The molecule has 3 aliphatic rings. The molecule has 5 nitrogen and oxygen atoms in total. The maximum absolute atomic E-state index is 13.4. The number of hydrogen-bond donors (Lipinski definition) is 1. The quantitative estimate of drug-likeness (QED) is 0.908. The van der Waals surface area contributed by atoms with Crippen LogP contribution in [0.25, 0.3) is 0 Å². The lowest BCUT2D eigenvalue weighted by Gasteiger charge is -2.38. The first-order valence-electron chi connectivity index (χ1n) is 9.81. The summed E-state index contributed by atoms with van der Waals surface area (Å²) in [7, 11) is 0. The molecule has 0 unspecified atom stereocenters. The minimum absolute atomic E-state index is 0.00231. The molecule has 2 heterocycles. The number of aliphatic imine (C=N–C) groups is 1. The van der Waals surface area contributed by atoms with E-state index < -0.39 is 5.54 Å². The molecular formula is C21H27N3O2. The van der Waals surface area contributed by atoms with E-state index in [0.29, 0.717) is 37.7 Å². The van der Waals surface area contributed by atoms with Crippen LogP contribution in [0.2, 0.25) is 0 Å². The second-order valence-electron chi connectivity index (χ2n) is 7.94. The first-order chi connectivity index (χ1) is 12.6. The third-order valence-corrected chi connectivity index (χ3v) is 6.30. The molecule has 2 amide bonds. The van der Waals surface area contributed by atoms with Crippen molar-refractivity contribution in [1.82, 2.24) is 10.2 Å². The second kappa shape index (κ2) is 6.86. The van der Waals surface area contributed by atoms with Crippen molar-refractivity contribution in [2.24, 2.45) is 10.9 Å². The molecule has 0 aromatic heterocycles. The topological polar surface area (TPSA) is 61.8 Å². The summed E-state index contributed by atoms with van der Waals surface area (Å²) in [5.41, 5.74) is 0.494. The van der Waals surface area contributed by atoms with Gasteiger partial charge in [-0.3, -0.25) is 14.6 Å². The van der Waals surface area contributed by atoms with Gasteiger partial charge in [0.15, 0.2) is 0 Å². The summed E-state index contributed by atoms with van der Waals surface area (Å²) >= 11 is 0. The van der Waals surface area contributed by atoms with Gasteiger partial charge in [-0.1, -0.05) is 43.2 Å². The van der Waals surface area contributed by atoms with Crippen LogP contribution in [0, 0.1) is 5.92 Å². The standard InChI is InChI=1S/C21H27N3O2/c1-15-22-20(26)21(23-15)11-13-24(14-12-21)19(25)18(17-9-5-6-10-17)16-7-3-2-4-8-16/h2-4,7-8,17-18H,5-6,9-14H2,1H3,(H,22,23,26)/t18-/m1/s1. The van der Waals surface area contributed by atoms with Crippen LogP contribution in [0.5, 0.6) is 0 Å². The Hall–Kier alpha value is -2.17. The van der Waals surface area contributed by atoms with E-state index in [9.17, 15) is 9.59 Å². The molecular weight excluding hydrogens is 326 g/mol. The Morgan fingerprint density at radius 3 is 2.42 bits per heavy atom. The summed E-state index contributed by atoms with van der Waals surface area (Å²) in [5.74, 6) is 1.32. The number of likely N-dealkylation sites (tertiary alicyclic amines) is 1. The minimum Gasteiger partial charge on any atom is -0.342 e. The first-order valence-corrected chi connectivity index (χ1v) is 9.81. The van der Waals surface area contributed by atoms with Gasteiger partial charge in [0.05, 0.1) is 5.92 Å². The number of hydrogen-bond acceptors (Lipinski definition) is 3. The van der Waals surface area contributed by atoms with E-state index in [1.807, 2.05) is 30.0 Å². The molecule has 1 spiro atoms. The largest absolute Gasteiger partial charge is 0.342 e. The predicted molar refractivity (Wildman–Crippen MR) is 101 cm³/mol. The van der Waals surface area contributed by atoms with Gasteiger partial charge in [-0.15, -0.1) is 0 Å². The number of carbonyl (C=O) groups is 2. The minimum atomic E-state index is -0.642. The Bertz CT molecular complexity index is 714. The van der Waals surface area contributed by atoms with E-state index >= 15 is 0 Å². The van der Waals surface area contributed by atoms with Crippen molar-refractivity contribution in [1.29, 1.82) is 0 Å². The normalized spacial score (nSPS) is 23.8. The third-order valence-electron chi connectivity index (χ3n) is 6.30. The van der Waals surface area contributed by atoms with Gasteiger partial charge in [0, 0.05) is 13.1 Å². The SMILES string of the molecule is CC1=NC2(CCN(C(=O)[C@H](c3ccccc3)C3CCCC3)CC2)C(=O)N1. The van der Waals surface area contributed by atoms with Crippen LogP contribution in [0.1, 0.15) is 56.9 Å². The fraction of sp³-hybridized carbons (Fsp3) is 0.571. The third kappa shape index (κ3) is 3.04. The van der Waals surface area contributed by atoms with Crippen LogP contribution in [0.4, 0.5) is 0 Å². The Kier molecular flexibility index (Phi) is 4.55. The summed E-state index contributed by atoms with van der Waals surface area (Å²) in [4.78, 5) is 32.2. The smallest absolute Gasteiger partial charge is 0.253 e. The molecule has 1 N–H and O–H groups in total. The molecule has 0 radical (unpaired) electrons. The van der Waals surface area contributed by atoms with Crippen molar-refractivity contribution < 1.29 is 9.59 Å². The van der Waals surface area contributed by atoms with Crippen LogP contribution in [-0.2, 0) is 9.59 Å². The molecule has 2 fully saturated rings. The van der Waals surface area contributed by atoms with Gasteiger partial charge in [0.25, 0.3) is 5.91 Å². The monoisotopic (exact) mass is 353 g/mol. The summed E-state index contributed by atoms with van der Waals surface area (Å²) in [5, 5.41) is 2.82. The lowest BCUT2D eigenvalue weighted by Crippen LogP contribution is -2.51. The second-order valence-corrected chi connectivity index (χ2v) is 7.94. The Balaban J connectivity index is 1.51. The molecule has 0 bridgehead atoms. The lowest BCUT2D eigenvalue weighted by atomic mass is 9.82. The van der Waals surface area contributed by atoms with E-state index in [2.05, 4.69) is 22.4 Å². The maximum atomic E-state index is 13.4. The average Bonchev–Trinajstić information content (AvgIpc) is 3.25. The molecule has 1 saturated carbocycles. The summed E-state index contributed by atoms with van der Waals surface area (Å²) in [6.07, 6.45) is 5.95. The van der Waals surface area contributed by atoms with Gasteiger partial charge in [-0.2, -0.15) is 0 Å². The van der Waals surface area contributed by atoms with Crippen molar-refractivity contribution >= 4 is 17.6 Å². The van der Waals surface area contributed by atoms with Gasteiger partial charge < -0.3 is 10.2 Å². The van der Waals surface area contributed by atoms with Crippen LogP contribution in [0.3, 0.4) is 0 Å². The maximum Gasteiger partial charge on any atom is 0.253 e. The van der Waals surface area contributed by atoms with Gasteiger partial charge in [-0.05, 0) is 44.1 Å². The fourth-order valence-corrected chi connectivity index (χ4v) is 4.88. The van der Waals surface area contributed by atoms with Crippen LogP contribution in [0.15, 0.2) is 35.3 Å². The molecule has 1 aromatic carbocycles. The van der Waals surface area contributed by atoms with Crippen molar-refractivity contribution in [3.05, 3.63) is 35.9 Å². The number of carbonyl (C=O) groups excluding carboxylic acids is 2. The van der Waals surface area contributed by atoms with Crippen molar-refractivity contribution in [2.75, 3.05) is 13.1 Å². The highest BCUT2D eigenvalue weighted by molar-refractivity contribution is 6.07. The van der Waals surface area contributed by atoms with E-state index in [1.54, 1.807) is 0 Å². The molecule has 1 aliphatic carbocycles. The van der Waals surface area contributed by atoms with Crippen molar-refractivity contribution in [2.45, 2.75) is 56.9 Å². The summed E-state index contributed by atoms with van der Waals surface area (Å²) in [6, 6.07) is 10.2. The number of amides is 2. The number of rotatable bonds is 3. The number of nitrogens with zero attached hydrogens (tertiary/aromatic N) is 2. The molecule has 1 aromatic rings. The van der Waals surface area contributed by atoms with Gasteiger partial charge in [0.1, 0.15) is 11.4 Å². The Labute approximate surface area is 154 Å². The molecule has 1 atom stereocenters. The zero-order valence-electron chi connectivity index (χ0n) is 15.4. The molecule has 2 aliphatic heterocycles. The van der Waals surface area contributed by atoms with E-state index in [0.717, 1.165) is 18.4 Å². The lowest BCUT2D eigenvalue weighted by molar-refractivity contribution is -0.138. The van der Waals surface area contributed by atoms with Crippen molar-refractivity contribution in [3.8, 4) is 0 Å². The zero-order valence-corrected chi connectivity index (χ0v) is 15.4. The molecule has 5 heteroatoms. The van der Waals surface area contributed by atoms with Crippen LogP contribution < -0.4 is 5.32 Å². The van der Waals surface area contributed by atoms with E-state index in [1.165, 1.54) is 12.8 Å². The molecule has 26 heavy (non-hydrogen) atoms. The number of amidine groups is 1. The van der Waals surface area contributed by atoms with E-state index in [4.69, 9.17) is 0 Å². The molecule has 138 valence electrons. The van der Waals surface area contributed by atoms with Crippen molar-refractivity contribution in [3.63, 3.8) is 0 Å². The average molecular weight is 353 g/mol. The molecule has 1 saturated heterocycles. The highest BCUT2D eigenvalue weighted by atomic mass is 16.2. The fourth-order valence-electron chi connectivity index (χ4n) is 4.88. The molecule has 4 rings (SSSR count). The Morgan fingerprint density at radius 1 is 1.19 bits per heavy atom. The Morgan fingerprint density at radius 2 is 1.85 bits per heavy atom. The number of piperidine rings is 1. The first kappa shape index (κ1) is 17.3. The highest BCUT2D eigenvalue weighted by Crippen LogP contribution is 2.39. The number of benzene rings is 1. The summed E-state index contributed by atoms with van der Waals surface area (Å²) < 4.78 is 0. The van der Waals surface area contributed by atoms with Gasteiger partial charge >= 0.3 is 0 Å². The van der Waals surface area contributed by atoms with Gasteiger partial charge in [-0.25, -0.2) is 0 Å². The number of nitrogens with one attached hydrogen (secondary N) is 1. The van der Waals surface area contributed by atoms with Crippen LogP contribution in [-0.4, -0.2) is 41.2 Å². The summed E-state index contributed by atoms with van der Waals surface area (Å²) in [6.45, 7) is 3.05. The highest BCUT2D eigenvalue weighted by Gasteiger charge is 2.46. The predicted octanol–water partition coefficient (Wildman–Crippen LogP) is 2.87. The van der Waals surface area contributed by atoms with Gasteiger partial charge in [0.2, 0.25) is 5.91 Å². The zero-order chi connectivity index (χ0) is 18.1.